The molecule has 6 nitrogen and oxygen atoms in total. The van der Waals surface area contributed by atoms with Crippen LogP contribution >= 0.6 is 11.6 Å². The zero-order valence-electron chi connectivity index (χ0n) is 14.3. The number of methoxy groups -OCH3 is 1. The quantitative estimate of drug-likeness (QED) is 0.307. The van der Waals surface area contributed by atoms with Crippen LogP contribution in [0.15, 0.2) is 71.7 Å². The lowest BCUT2D eigenvalue weighted by atomic mass is 10.2. The second-order valence-corrected chi connectivity index (χ2v) is 5.88. The van der Waals surface area contributed by atoms with Crippen molar-refractivity contribution in [1.29, 1.82) is 0 Å². The Morgan fingerprint density at radius 1 is 0.963 bits per heavy atom. The van der Waals surface area contributed by atoms with Crippen LogP contribution in [0.3, 0.4) is 0 Å². The molecule has 3 aromatic carbocycles. The van der Waals surface area contributed by atoms with Gasteiger partial charge >= 0.3 is 5.69 Å². The number of halogens is 1. The van der Waals surface area contributed by atoms with Gasteiger partial charge in [0.2, 0.25) is 0 Å². The highest BCUT2D eigenvalue weighted by Crippen LogP contribution is 2.34. The topological polar surface area (TPSA) is 74.0 Å². The van der Waals surface area contributed by atoms with Crippen LogP contribution in [-0.2, 0) is 0 Å². The first-order valence-electron chi connectivity index (χ1n) is 7.96. The summed E-state index contributed by atoms with van der Waals surface area (Å²) in [5, 5.41) is 11.2. The molecule has 0 spiro atoms. The third-order valence-electron chi connectivity index (χ3n) is 3.68. The second kappa shape index (κ2) is 8.33. The van der Waals surface area contributed by atoms with Gasteiger partial charge in [0, 0.05) is 6.21 Å². The summed E-state index contributed by atoms with van der Waals surface area (Å²) in [7, 11) is 1.61. The van der Waals surface area contributed by atoms with Gasteiger partial charge in [-0.15, -0.1) is 0 Å². The van der Waals surface area contributed by atoms with Crippen LogP contribution in [-0.4, -0.2) is 18.2 Å². The molecule has 0 aliphatic heterocycles. The fourth-order valence-corrected chi connectivity index (χ4v) is 2.57. The minimum absolute atomic E-state index is 0.0536. The van der Waals surface area contributed by atoms with Crippen LogP contribution in [0, 0.1) is 10.1 Å². The Morgan fingerprint density at radius 2 is 1.56 bits per heavy atom. The highest BCUT2D eigenvalue weighted by Gasteiger charge is 2.17. The van der Waals surface area contributed by atoms with Crippen molar-refractivity contribution in [1.82, 2.24) is 0 Å². The monoisotopic (exact) mass is 382 g/mol. The van der Waals surface area contributed by atoms with E-state index >= 15 is 0 Å². The van der Waals surface area contributed by atoms with Gasteiger partial charge in [-0.1, -0.05) is 17.7 Å². The zero-order chi connectivity index (χ0) is 19.2. The van der Waals surface area contributed by atoms with Gasteiger partial charge in [0.15, 0.2) is 0 Å². The molecule has 0 bridgehead atoms. The van der Waals surface area contributed by atoms with E-state index in [9.17, 15) is 10.1 Å². The molecule has 0 aromatic heterocycles. The Bertz CT molecular complexity index is 970. The van der Waals surface area contributed by atoms with Gasteiger partial charge in [0.1, 0.15) is 28.0 Å². The van der Waals surface area contributed by atoms with Gasteiger partial charge in [0.25, 0.3) is 0 Å². The molecule has 3 aromatic rings. The van der Waals surface area contributed by atoms with Crippen molar-refractivity contribution in [2.24, 2.45) is 4.99 Å². The summed E-state index contributed by atoms with van der Waals surface area (Å²) in [6, 6.07) is 19.1. The number of rotatable bonds is 6. The summed E-state index contributed by atoms with van der Waals surface area (Å²) in [6.45, 7) is 0. The molecule has 0 N–H and O–H groups in total. The average molecular weight is 383 g/mol. The van der Waals surface area contributed by atoms with E-state index < -0.39 is 4.92 Å². The van der Waals surface area contributed by atoms with E-state index in [1.54, 1.807) is 43.5 Å². The molecule has 0 heterocycles. The largest absolute Gasteiger partial charge is 0.497 e. The first-order valence-corrected chi connectivity index (χ1v) is 8.33. The predicted molar refractivity (Wildman–Crippen MR) is 105 cm³/mol. The molecule has 0 aliphatic rings. The summed E-state index contributed by atoms with van der Waals surface area (Å²) < 4.78 is 10.9. The van der Waals surface area contributed by atoms with E-state index in [2.05, 4.69) is 4.99 Å². The van der Waals surface area contributed by atoms with Gasteiger partial charge < -0.3 is 9.47 Å². The average Bonchev–Trinajstić information content (AvgIpc) is 2.68. The fourth-order valence-electron chi connectivity index (χ4n) is 2.33. The molecule has 0 atom stereocenters. The van der Waals surface area contributed by atoms with Crippen LogP contribution in [0.2, 0.25) is 5.02 Å². The lowest BCUT2D eigenvalue weighted by Crippen LogP contribution is -1.90. The number of para-hydroxylation sites is 1. The third-order valence-corrected chi connectivity index (χ3v) is 3.98. The number of hydrogen-bond acceptors (Lipinski definition) is 5. The molecule has 0 saturated carbocycles. The number of nitrogens with zero attached hydrogens (tertiary/aromatic N) is 2. The standard InChI is InChI=1S/C20H15ClN2O4/c1-26-15-9-11-17(12-10-15)27-16-7-5-14(6-8-16)13-22-19-4-2-3-18(21)20(19)23(24)25/h2-13H,1H3. The number of ether oxygens (including phenoxy) is 2. The van der Waals surface area contributed by atoms with Crippen LogP contribution in [0.1, 0.15) is 5.56 Å². The molecule has 0 radical (unpaired) electrons. The van der Waals surface area contributed by atoms with E-state index in [0.29, 0.717) is 11.5 Å². The fraction of sp³-hybridized carbons (Fsp3) is 0.0500. The molecular formula is C20H15ClN2O4. The smallest absolute Gasteiger partial charge is 0.313 e. The SMILES string of the molecule is COc1ccc(Oc2ccc(C=Nc3cccc(Cl)c3[N+](=O)[O-])cc2)cc1. The Hall–Kier alpha value is -3.38. The van der Waals surface area contributed by atoms with Crippen molar-refractivity contribution >= 4 is 29.2 Å². The third kappa shape index (κ3) is 4.62. The molecular weight excluding hydrogens is 368 g/mol. The number of aliphatic imine (C=N–C) groups is 1. The van der Waals surface area contributed by atoms with Crippen molar-refractivity contribution in [3.05, 3.63) is 87.4 Å². The maximum absolute atomic E-state index is 11.1. The Labute approximate surface area is 160 Å². The summed E-state index contributed by atoms with van der Waals surface area (Å²) in [6.07, 6.45) is 1.54. The first-order chi connectivity index (χ1) is 13.1. The Kier molecular flexibility index (Phi) is 5.68. The molecule has 0 unspecified atom stereocenters. The van der Waals surface area contributed by atoms with E-state index in [-0.39, 0.29) is 16.4 Å². The number of benzene rings is 3. The second-order valence-electron chi connectivity index (χ2n) is 5.47. The van der Waals surface area contributed by atoms with Crippen LogP contribution in [0.25, 0.3) is 0 Å². The number of hydrogen-bond donors (Lipinski definition) is 0. The Morgan fingerprint density at radius 3 is 2.15 bits per heavy atom. The molecule has 0 amide bonds. The lowest BCUT2D eigenvalue weighted by molar-refractivity contribution is -0.383. The number of nitro groups is 1. The van der Waals surface area contributed by atoms with Gasteiger partial charge in [-0.05, 0) is 66.2 Å². The molecule has 0 saturated heterocycles. The van der Waals surface area contributed by atoms with Crippen molar-refractivity contribution in [2.45, 2.75) is 0 Å². The molecule has 0 fully saturated rings. The zero-order valence-corrected chi connectivity index (χ0v) is 15.1. The first kappa shape index (κ1) is 18.4. The van der Waals surface area contributed by atoms with E-state index in [1.165, 1.54) is 12.3 Å². The van der Waals surface area contributed by atoms with Crippen molar-refractivity contribution < 1.29 is 14.4 Å². The van der Waals surface area contributed by atoms with Crippen LogP contribution in [0.4, 0.5) is 11.4 Å². The van der Waals surface area contributed by atoms with Crippen molar-refractivity contribution in [2.75, 3.05) is 7.11 Å². The van der Waals surface area contributed by atoms with E-state index in [0.717, 1.165) is 11.3 Å². The summed E-state index contributed by atoms with van der Waals surface area (Å²) in [4.78, 5) is 14.8. The molecule has 3 rings (SSSR count). The number of nitro benzene ring substituents is 1. The maximum Gasteiger partial charge on any atom is 0.313 e. The van der Waals surface area contributed by atoms with Gasteiger partial charge in [-0.3, -0.25) is 10.1 Å². The molecule has 7 heteroatoms. The minimum Gasteiger partial charge on any atom is -0.497 e. The highest BCUT2D eigenvalue weighted by atomic mass is 35.5. The lowest BCUT2D eigenvalue weighted by Gasteiger charge is -2.06. The molecule has 27 heavy (non-hydrogen) atoms. The van der Waals surface area contributed by atoms with Gasteiger partial charge in [-0.25, -0.2) is 4.99 Å². The molecule has 136 valence electrons. The molecule has 0 aliphatic carbocycles. The van der Waals surface area contributed by atoms with Crippen molar-refractivity contribution in [3.63, 3.8) is 0 Å². The van der Waals surface area contributed by atoms with Crippen LogP contribution < -0.4 is 9.47 Å². The van der Waals surface area contributed by atoms with Crippen LogP contribution in [0.5, 0.6) is 17.2 Å². The Balaban J connectivity index is 1.73. The normalized spacial score (nSPS) is 10.7. The van der Waals surface area contributed by atoms with E-state index in [1.807, 2.05) is 24.3 Å². The maximum atomic E-state index is 11.1. The minimum atomic E-state index is -0.541. The summed E-state index contributed by atoms with van der Waals surface area (Å²) >= 11 is 5.88. The van der Waals surface area contributed by atoms with Gasteiger partial charge in [0.05, 0.1) is 12.0 Å². The predicted octanol–water partition coefficient (Wildman–Crippen LogP) is 5.80. The van der Waals surface area contributed by atoms with E-state index in [4.69, 9.17) is 21.1 Å². The summed E-state index contributed by atoms with van der Waals surface area (Å²) in [5.74, 6) is 2.10. The highest BCUT2D eigenvalue weighted by molar-refractivity contribution is 6.33. The summed E-state index contributed by atoms with van der Waals surface area (Å²) in [5.41, 5.74) is 0.757. The van der Waals surface area contributed by atoms with Crippen molar-refractivity contribution in [3.8, 4) is 17.2 Å². The van der Waals surface area contributed by atoms with Gasteiger partial charge in [-0.2, -0.15) is 0 Å².